The van der Waals surface area contributed by atoms with Crippen molar-refractivity contribution in [3.05, 3.63) is 24.3 Å². The Morgan fingerprint density at radius 1 is 1.29 bits per heavy atom. The number of piperazine rings is 1. The molecule has 1 fully saturated rings. The van der Waals surface area contributed by atoms with Gasteiger partial charge in [0.1, 0.15) is 12.7 Å². The van der Waals surface area contributed by atoms with E-state index >= 15 is 0 Å². The van der Waals surface area contributed by atoms with Gasteiger partial charge < -0.3 is 14.8 Å². The van der Waals surface area contributed by atoms with Crippen LogP contribution in [0.1, 0.15) is 0 Å². The van der Waals surface area contributed by atoms with Gasteiger partial charge in [-0.05, 0) is 19.2 Å². The van der Waals surface area contributed by atoms with E-state index in [2.05, 4.69) is 17.3 Å². The number of hydrogen-bond acceptors (Lipinski definition) is 4. The first kappa shape index (κ1) is 10.9. The van der Waals surface area contributed by atoms with Crippen molar-refractivity contribution in [1.82, 2.24) is 10.2 Å². The van der Waals surface area contributed by atoms with Crippen LogP contribution in [0.25, 0.3) is 0 Å². The van der Waals surface area contributed by atoms with Gasteiger partial charge in [-0.2, -0.15) is 0 Å². The third-order valence-corrected chi connectivity index (χ3v) is 3.52. The molecule has 1 aromatic carbocycles. The molecule has 1 N–H and O–H groups in total. The van der Waals surface area contributed by atoms with Gasteiger partial charge in [-0.25, -0.2) is 0 Å². The van der Waals surface area contributed by atoms with E-state index in [1.165, 1.54) is 0 Å². The first-order valence-corrected chi connectivity index (χ1v) is 6.14. The fourth-order valence-electron chi connectivity index (χ4n) is 2.47. The molecule has 1 saturated heterocycles. The molecule has 4 nitrogen and oxygen atoms in total. The minimum atomic E-state index is 0.114. The van der Waals surface area contributed by atoms with E-state index in [0.717, 1.165) is 31.1 Å². The molecule has 92 valence electrons. The molecule has 0 aromatic heterocycles. The number of rotatable bonds is 1. The summed E-state index contributed by atoms with van der Waals surface area (Å²) in [7, 11) is 2.15. The van der Waals surface area contributed by atoms with Crippen molar-refractivity contribution in [1.29, 1.82) is 0 Å². The number of nitrogens with one attached hydrogen (secondary N) is 1. The molecule has 2 atom stereocenters. The molecular formula is C13H18N2O2. The van der Waals surface area contributed by atoms with Crippen LogP contribution in [0, 0.1) is 0 Å². The topological polar surface area (TPSA) is 33.7 Å². The average Bonchev–Trinajstić information content (AvgIpc) is 2.39. The van der Waals surface area contributed by atoms with Crippen LogP contribution in [0.4, 0.5) is 0 Å². The quantitative estimate of drug-likeness (QED) is 0.776. The lowest BCUT2D eigenvalue weighted by atomic mass is 10.1. The predicted molar refractivity (Wildman–Crippen MR) is 65.6 cm³/mol. The Kier molecular flexibility index (Phi) is 2.91. The minimum Gasteiger partial charge on any atom is -0.486 e. The first-order chi connectivity index (χ1) is 8.34. The fraction of sp³-hybridized carbons (Fsp3) is 0.538. The third-order valence-electron chi connectivity index (χ3n) is 3.52. The zero-order chi connectivity index (χ0) is 11.7. The van der Waals surface area contributed by atoms with E-state index < -0.39 is 0 Å². The predicted octanol–water partition coefficient (Wildman–Crippen LogP) is 0.730. The number of ether oxygens (including phenoxy) is 2. The van der Waals surface area contributed by atoms with Crippen molar-refractivity contribution in [3.8, 4) is 11.5 Å². The van der Waals surface area contributed by atoms with Crippen molar-refractivity contribution in [2.75, 3.05) is 33.3 Å². The number of nitrogens with zero attached hydrogens (tertiary/aromatic N) is 1. The van der Waals surface area contributed by atoms with Crippen molar-refractivity contribution < 1.29 is 9.47 Å². The fourth-order valence-corrected chi connectivity index (χ4v) is 2.47. The molecule has 0 bridgehead atoms. The molecule has 0 aliphatic carbocycles. The Labute approximate surface area is 102 Å². The van der Waals surface area contributed by atoms with Gasteiger partial charge >= 0.3 is 0 Å². The van der Waals surface area contributed by atoms with Crippen LogP contribution < -0.4 is 14.8 Å². The SMILES string of the molecule is CN1CCNCC1C1COc2ccccc2O1. The summed E-state index contributed by atoms with van der Waals surface area (Å²) in [6.07, 6.45) is 0.114. The molecule has 3 rings (SSSR count). The molecular weight excluding hydrogens is 216 g/mol. The molecule has 2 unspecified atom stereocenters. The lowest BCUT2D eigenvalue weighted by Gasteiger charge is -2.39. The van der Waals surface area contributed by atoms with Crippen LogP contribution in [0.5, 0.6) is 11.5 Å². The van der Waals surface area contributed by atoms with Gasteiger partial charge in [0, 0.05) is 19.6 Å². The normalized spacial score (nSPS) is 29.0. The first-order valence-electron chi connectivity index (χ1n) is 6.14. The molecule has 1 aromatic rings. The lowest BCUT2D eigenvalue weighted by molar-refractivity contribution is 0.0139. The van der Waals surface area contributed by atoms with Crippen molar-refractivity contribution in [2.24, 2.45) is 0 Å². The molecule has 2 aliphatic rings. The lowest BCUT2D eigenvalue weighted by Crippen LogP contribution is -2.58. The number of likely N-dealkylation sites (N-methyl/N-ethyl adjacent to an activating group) is 1. The van der Waals surface area contributed by atoms with Crippen LogP contribution in [0.3, 0.4) is 0 Å². The number of benzene rings is 1. The van der Waals surface area contributed by atoms with E-state index in [1.807, 2.05) is 24.3 Å². The second-order valence-corrected chi connectivity index (χ2v) is 4.67. The van der Waals surface area contributed by atoms with Gasteiger partial charge in [0.2, 0.25) is 0 Å². The highest BCUT2D eigenvalue weighted by molar-refractivity contribution is 5.40. The van der Waals surface area contributed by atoms with E-state index in [0.29, 0.717) is 12.6 Å². The highest BCUT2D eigenvalue weighted by Gasteiger charge is 2.32. The Hall–Kier alpha value is -1.26. The standard InChI is InChI=1S/C13H18N2O2/c1-15-7-6-14-8-10(15)13-9-16-11-4-2-3-5-12(11)17-13/h2-5,10,13-14H,6-9H2,1H3. The van der Waals surface area contributed by atoms with E-state index in [4.69, 9.17) is 9.47 Å². The van der Waals surface area contributed by atoms with Crippen molar-refractivity contribution in [2.45, 2.75) is 12.1 Å². The van der Waals surface area contributed by atoms with Crippen LogP contribution in [0.2, 0.25) is 0 Å². The summed E-state index contributed by atoms with van der Waals surface area (Å²) >= 11 is 0. The molecule has 0 spiro atoms. The highest BCUT2D eigenvalue weighted by atomic mass is 16.6. The molecule has 0 radical (unpaired) electrons. The maximum absolute atomic E-state index is 6.04. The molecule has 0 saturated carbocycles. The van der Waals surface area contributed by atoms with Crippen LogP contribution in [-0.2, 0) is 0 Å². The summed E-state index contributed by atoms with van der Waals surface area (Å²) in [5, 5.41) is 3.41. The Morgan fingerprint density at radius 2 is 2.12 bits per heavy atom. The van der Waals surface area contributed by atoms with Crippen molar-refractivity contribution >= 4 is 0 Å². The maximum Gasteiger partial charge on any atom is 0.161 e. The summed E-state index contributed by atoms with van der Waals surface area (Å²) in [6, 6.07) is 8.26. The Morgan fingerprint density at radius 3 is 2.94 bits per heavy atom. The van der Waals surface area contributed by atoms with Gasteiger partial charge in [0.25, 0.3) is 0 Å². The summed E-state index contributed by atoms with van der Waals surface area (Å²) < 4.78 is 11.8. The zero-order valence-corrected chi connectivity index (χ0v) is 10.1. The second kappa shape index (κ2) is 4.55. The van der Waals surface area contributed by atoms with Gasteiger partial charge in [-0.15, -0.1) is 0 Å². The smallest absolute Gasteiger partial charge is 0.161 e. The summed E-state index contributed by atoms with van der Waals surface area (Å²) in [5.41, 5.74) is 0. The Bertz CT molecular complexity index is 397. The number of fused-ring (bicyclic) bond motifs is 1. The van der Waals surface area contributed by atoms with E-state index in [9.17, 15) is 0 Å². The largest absolute Gasteiger partial charge is 0.486 e. The molecule has 2 heterocycles. The summed E-state index contributed by atoms with van der Waals surface area (Å²) in [4.78, 5) is 2.35. The third kappa shape index (κ3) is 2.10. The van der Waals surface area contributed by atoms with Gasteiger partial charge in [-0.3, -0.25) is 4.90 Å². The minimum absolute atomic E-state index is 0.114. The van der Waals surface area contributed by atoms with Crippen molar-refractivity contribution in [3.63, 3.8) is 0 Å². The summed E-state index contributed by atoms with van der Waals surface area (Å²) in [5.74, 6) is 1.72. The van der Waals surface area contributed by atoms with E-state index in [-0.39, 0.29) is 6.10 Å². The van der Waals surface area contributed by atoms with Gasteiger partial charge in [-0.1, -0.05) is 12.1 Å². The number of para-hydroxylation sites is 2. The average molecular weight is 234 g/mol. The van der Waals surface area contributed by atoms with Crippen LogP contribution >= 0.6 is 0 Å². The van der Waals surface area contributed by atoms with Gasteiger partial charge in [0.15, 0.2) is 11.5 Å². The monoisotopic (exact) mass is 234 g/mol. The van der Waals surface area contributed by atoms with Gasteiger partial charge in [0.05, 0.1) is 6.04 Å². The number of hydrogen-bond donors (Lipinski definition) is 1. The molecule has 4 heteroatoms. The second-order valence-electron chi connectivity index (χ2n) is 4.67. The van der Waals surface area contributed by atoms with Crippen LogP contribution in [0.15, 0.2) is 24.3 Å². The molecule has 17 heavy (non-hydrogen) atoms. The molecule has 0 amide bonds. The summed E-state index contributed by atoms with van der Waals surface area (Å²) in [6.45, 7) is 3.71. The van der Waals surface area contributed by atoms with Crippen LogP contribution in [-0.4, -0.2) is 50.3 Å². The zero-order valence-electron chi connectivity index (χ0n) is 10.1. The highest BCUT2D eigenvalue weighted by Crippen LogP contribution is 2.32. The maximum atomic E-state index is 6.04. The molecule has 2 aliphatic heterocycles. The van der Waals surface area contributed by atoms with E-state index in [1.54, 1.807) is 0 Å². The Balaban J connectivity index is 1.75.